The maximum absolute atomic E-state index is 5.37. The summed E-state index contributed by atoms with van der Waals surface area (Å²) in [6.45, 7) is 0. The van der Waals surface area contributed by atoms with Crippen LogP contribution in [0, 0.1) is 0 Å². The molecule has 0 saturated heterocycles. The normalized spacial score (nSPS) is 13.1. The predicted octanol–water partition coefficient (Wildman–Crippen LogP) is 2.48. The molecule has 68 valence electrons. The van der Waals surface area contributed by atoms with Crippen LogP contribution in [0.5, 0.6) is 11.5 Å². The summed E-state index contributed by atoms with van der Waals surface area (Å²) in [6, 6.07) is 7.73. The van der Waals surface area contributed by atoms with E-state index in [0.717, 1.165) is 10.9 Å². The third-order valence-corrected chi connectivity index (χ3v) is 2.13. The van der Waals surface area contributed by atoms with Gasteiger partial charge in [-0.05, 0) is 18.2 Å². The Hall–Kier alpha value is -2.03. The van der Waals surface area contributed by atoms with Crippen molar-refractivity contribution in [2.75, 3.05) is 0 Å². The molecule has 0 radical (unpaired) electrons. The fourth-order valence-corrected chi connectivity index (χ4v) is 1.50. The van der Waals surface area contributed by atoms with Gasteiger partial charge in [0.2, 0.25) is 0 Å². The molecule has 3 rings (SSSR count). The molecule has 0 aliphatic carbocycles. The van der Waals surface area contributed by atoms with Crippen LogP contribution in [0.15, 0.2) is 43.0 Å². The number of hydrogen-bond acceptors (Lipinski definition) is 3. The van der Waals surface area contributed by atoms with Gasteiger partial charge in [-0.3, -0.25) is 4.98 Å². The van der Waals surface area contributed by atoms with Crippen molar-refractivity contribution >= 4 is 10.9 Å². The average molecular weight is 185 g/mol. The molecule has 1 aromatic heterocycles. The molecule has 1 aliphatic heterocycles. The number of benzene rings is 1. The minimum atomic E-state index is 0.686. The van der Waals surface area contributed by atoms with Gasteiger partial charge >= 0.3 is 0 Å². The molecule has 2 aromatic rings. The number of nitrogens with zero attached hydrogens (tertiary/aromatic N) is 1. The van der Waals surface area contributed by atoms with Crippen LogP contribution in [-0.2, 0) is 0 Å². The Labute approximate surface area is 80.6 Å². The third kappa shape index (κ3) is 0.956. The summed E-state index contributed by atoms with van der Waals surface area (Å²) < 4.78 is 10.7. The molecule has 0 fully saturated rings. The lowest BCUT2D eigenvalue weighted by molar-refractivity contribution is 0.365. The molecule has 0 N–H and O–H groups in total. The average Bonchev–Trinajstić information content (AvgIpc) is 2.29. The second-order valence-corrected chi connectivity index (χ2v) is 2.98. The summed E-state index contributed by atoms with van der Waals surface area (Å²) in [7, 11) is 0. The topological polar surface area (TPSA) is 31.4 Å². The van der Waals surface area contributed by atoms with Gasteiger partial charge in [-0.2, -0.15) is 0 Å². The quantitative estimate of drug-likeness (QED) is 0.631. The van der Waals surface area contributed by atoms with E-state index in [4.69, 9.17) is 9.47 Å². The molecule has 1 aliphatic rings. The van der Waals surface area contributed by atoms with E-state index in [-0.39, 0.29) is 0 Å². The molecule has 3 heteroatoms. The maximum Gasteiger partial charge on any atom is 0.195 e. The van der Waals surface area contributed by atoms with Gasteiger partial charge in [0.25, 0.3) is 0 Å². The van der Waals surface area contributed by atoms with Crippen LogP contribution < -0.4 is 9.47 Å². The van der Waals surface area contributed by atoms with E-state index in [1.807, 2.05) is 24.3 Å². The molecular formula is C11H7NO2. The number of hydrogen-bond donors (Lipinski definition) is 0. The Balaban J connectivity index is 2.37. The van der Waals surface area contributed by atoms with Crippen molar-refractivity contribution in [1.82, 2.24) is 4.98 Å². The number of fused-ring (bicyclic) bond motifs is 3. The Kier molecular flexibility index (Phi) is 1.44. The van der Waals surface area contributed by atoms with Crippen LogP contribution >= 0.6 is 0 Å². The van der Waals surface area contributed by atoms with Crippen molar-refractivity contribution in [1.29, 1.82) is 0 Å². The fourth-order valence-electron chi connectivity index (χ4n) is 1.50. The zero-order valence-corrected chi connectivity index (χ0v) is 7.31. The Morgan fingerprint density at radius 1 is 1.00 bits per heavy atom. The van der Waals surface area contributed by atoms with E-state index in [1.54, 1.807) is 6.20 Å². The first kappa shape index (κ1) is 7.38. The van der Waals surface area contributed by atoms with Crippen molar-refractivity contribution in [2.24, 2.45) is 0 Å². The largest absolute Gasteiger partial charge is 0.458 e. The second-order valence-electron chi connectivity index (χ2n) is 2.98. The van der Waals surface area contributed by atoms with Crippen LogP contribution in [0.3, 0.4) is 0 Å². The monoisotopic (exact) mass is 185 g/mol. The molecule has 14 heavy (non-hydrogen) atoms. The highest BCUT2D eigenvalue weighted by Gasteiger charge is 2.12. The van der Waals surface area contributed by atoms with E-state index in [0.29, 0.717) is 11.5 Å². The summed E-state index contributed by atoms with van der Waals surface area (Å²) in [5, 5.41) is 1.05. The van der Waals surface area contributed by atoms with Crippen LogP contribution in [0.2, 0.25) is 0 Å². The minimum absolute atomic E-state index is 0.686. The summed E-state index contributed by atoms with van der Waals surface area (Å²) in [6.07, 6.45) is 4.76. The van der Waals surface area contributed by atoms with Gasteiger partial charge < -0.3 is 9.47 Å². The highest BCUT2D eigenvalue weighted by Crippen LogP contribution is 2.36. The molecule has 0 unspecified atom stereocenters. The Morgan fingerprint density at radius 3 is 2.93 bits per heavy atom. The lowest BCUT2D eigenvalue weighted by atomic mass is 10.2. The third-order valence-electron chi connectivity index (χ3n) is 2.13. The van der Waals surface area contributed by atoms with E-state index in [9.17, 15) is 0 Å². The van der Waals surface area contributed by atoms with Crippen LogP contribution in [0.1, 0.15) is 0 Å². The summed E-state index contributed by atoms with van der Waals surface area (Å²) in [5.41, 5.74) is 0.828. The van der Waals surface area contributed by atoms with Gasteiger partial charge in [0.15, 0.2) is 11.5 Å². The van der Waals surface area contributed by atoms with Crippen LogP contribution in [0.25, 0.3) is 10.9 Å². The molecule has 0 saturated carbocycles. The molecule has 0 amide bonds. The summed E-state index contributed by atoms with van der Waals surface area (Å²) in [5.74, 6) is 1.39. The molecule has 0 bridgehead atoms. The van der Waals surface area contributed by atoms with Crippen LogP contribution in [-0.4, -0.2) is 4.98 Å². The summed E-state index contributed by atoms with van der Waals surface area (Å²) in [4.78, 5) is 4.26. The molecule has 3 nitrogen and oxygen atoms in total. The van der Waals surface area contributed by atoms with Crippen molar-refractivity contribution in [3.63, 3.8) is 0 Å². The lowest BCUT2D eigenvalue weighted by Gasteiger charge is -2.13. The molecular weight excluding hydrogens is 178 g/mol. The van der Waals surface area contributed by atoms with Gasteiger partial charge in [0, 0.05) is 11.6 Å². The van der Waals surface area contributed by atoms with Gasteiger partial charge in [0.05, 0.1) is 0 Å². The zero-order valence-electron chi connectivity index (χ0n) is 7.31. The van der Waals surface area contributed by atoms with Gasteiger partial charge in [-0.15, -0.1) is 0 Å². The smallest absolute Gasteiger partial charge is 0.195 e. The standard InChI is InChI=1S/C11H7NO2/c1-2-8-3-4-9-11(10(8)12-5-1)14-7-6-13-9/h1-7H. The predicted molar refractivity (Wildman–Crippen MR) is 52.1 cm³/mol. The fraction of sp³-hybridized carbons (Fsp3) is 0. The van der Waals surface area contributed by atoms with E-state index < -0.39 is 0 Å². The SMILES string of the molecule is C1=COc2c(ccc3cccnc23)O1. The first-order valence-corrected chi connectivity index (χ1v) is 4.31. The zero-order chi connectivity index (χ0) is 9.38. The van der Waals surface area contributed by atoms with Crippen molar-refractivity contribution in [3.05, 3.63) is 43.0 Å². The highest BCUT2D eigenvalue weighted by molar-refractivity contribution is 5.87. The first-order valence-electron chi connectivity index (χ1n) is 4.31. The van der Waals surface area contributed by atoms with E-state index in [2.05, 4.69) is 4.98 Å². The molecule has 0 atom stereocenters. The number of aromatic nitrogens is 1. The van der Waals surface area contributed by atoms with Gasteiger partial charge in [-0.1, -0.05) is 6.07 Å². The van der Waals surface area contributed by atoms with E-state index in [1.165, 1.54) is 12.5 Å². The number of pyridine rings is 1. The minimum Gasteiger partial charge on any atom is -0.458 e. The molecule has 1 aromatic carbocycles. The summed E-state index contributed by atoms with van der Waals surface area (Å²) >= 11 is 0. The second kappa shape index (κ2) is 2.73. The Bertz CT molecular complexity index is 520. The van der Waals surface area contributed by atoms with Crippen molar-refractivity contribution < 1.29 is 9.47 Å². The Morgan fingerprint density at radius 2 is 1.93 bits per heavy atom. The highest BCUT2D eigenvalue weighted by atomic mass is 16.5. The van der Waals surface area contributed by atoms with E-state index >= 15 is 0 Å². The lowest BCUT2D eigenvalue weighted by Crippen LogP contribution is -1.97. The first-order chi connectivity index (χ1) is 6.95. The van der Waals surface area contributed by atoms with Crippen molar-refractivity contribution in [3.8, 4) is 11.5 Å². The van der Waals surface area contributed by atoms with Crippen molar-refractivity contribution in [2.45, 2.75) is 0 Å². The van der Waals surface area contributed by atoms with Crippen LogP contribution in [0.4, 0.5) is 0 Å². The van der Waals surface area contributed by atoms with Gasteiger partial charge in [-0.25, -0.2) is 0 Å². The van der Waals surface area contributed by atoms with Gasteiger partial charge in [0.1, 0.15) is 18.0 Å². The maximum atomic E-state index is 5.37. The number of rotatable bonds is 0. The number of ether oxygens (including phenoxy) is 2. The molecule has 0 spiro atoms. The molecule has 2 heterocycles.